The number of rotatable bonds is 8. The van der Waals surface area contributed by atoms with Gasteiger partial charge in [-0.25, -0.2) is 4.98 Å². The molecule has 2 aromatic carbocycles. The van der Waals surface area contributed by atoms with Crippen LogP contribution in [0, 0.1) is 0 Å². The van der Waals surface area contributed by atoms with Gasteiger partial charge in [-0.2, -0.15) is 0 Å². The lowest BCUT2D eigenvalue weighted by molar-refractivity contribution is -1.02. The van der Waals surface area contributed by atoms with Crippen LogP contribution in [0.3, 0.4) is 0 Å². The second-order valence-electron chi connectivity index (χ2n) is 7.83. The summed E-state index contributed by atoms with van der Waals surface area (Å²) >= 11 is 0. The van der Waals surface area contributed by atoms with E-state index in [1.807, 2.05) is 42.6 Å². The van der Waals surface area contributed by atoms with E-state index in [0.717, 1.165) is 67.8 Å². The Hall–Kier alpha value is -3.03. The smallest absolute Gasteiger partial charge is 0.250 e. The number of benzene rings is 2. The van der Waals surface area contributed by atoms with Crippen LogP contribution < -0.4 is 24.0 Å². The number of quaternary nitrogens is 2. The SMILES string of the molecule is COc1ccc(C[NH+]2CC[NH+](Cc3ncc(-c4ccccc4)o3)CC2)c(OC)c1OC. The van der Waals surface area contributed by atoms with Gasteiger partial charge in [0.2, 0.25) is 5.75 Å². The number of oxazole rings is 1. The van der Waals surface area contributed by atoms with Crippen molar-refractivity contribution in [2.24, 2.45) is 0 Å². The summed E-state index contributed by atoms with van der Waals surface area (Å²) in [5, 5.41) is 0. The van der Waals surface area contributed by atoms with Crippen molar-refractivity contribution in [1.82, 2.24) is 4.98 Å². The van der Waals surface area contributed by atoms with Crippen LogP contribution in [0.5, 0.6) is 17.2 Å². The summed E-state index contributed by atoms with van der Waals surface area (Å²) in [6.07, 6.45) is 1.83. The highest BCUT2D eigenvalue weighted by Gasteiger charge is 2.26. The van der Waals surface area contributed by atoms with Crippen molar-refractivity contribution in [1.29, 1.82) is 0 Å². The molecule has 1 fully saturated rings. The van der Waals surface area contributed by atoms with Crippen molar-refractivity contribution in [3.05, 3.63) is 60.1 Å². The van der Waals surface area contributed by atoms with Crippen molar-refractivity contribution >= 4 is 0 Å². The molecule has 0 spiro atoms. The van der Waals surface area contributed by atoms with Gasteiger partial charge in [-0.3, -0.25) is 0 Å². The third-order valence-electron chi connectivity index (χ3n) is 5.90. The molecular formula is C24H31N3O4+2. The number of methoxy groups -OCH3 is 3. The minimum Gasteiger partial charge on any atom is -0.493 e. The van der Waals surface area contributed by atoms with E-state index in [0.29, 0.717) is 11.5 Å². The standard InChI is InChI=1S/C24H29N3O4/c1-28-20-10-9-19(23(29-2)24(20)30-3)16-26-11-13-27(14-12-26)17-22-25-15-21(31-22)18-7-5-4-6-8-18/h4-10,15H,11-14,16-17H2,1-3H3/p+2. The molecule has 0 unspecified atom stereocenters. The Labute approximate surface area is 183 Å². The molecule has 1 aromatic heterocycles. The highest BCUT2D eigenvalue weighted by atomic mass is 16.5. The van der Waals surface area contributed by atoms with Crippen molar-refractivity contribution in [3.8, 4) is 28.6 Å². The fraction of sp³-hybridized carbons (Fsp3) is 0.375. The van der Waals surface area contributed by atoms with Crippen LogP contribution in [0.1, 0.15) is 11.5 Å². The molecular weight excluding hydrogens is 394 g/mol. The van der Waals surface area contributed by atoms with Gasteiger partial charge in [-0.05, 0) is 12.1 Å². The van der Waals surface area contributed by atoms with Crippen LogP contribution in [0.4, 0.5) is 0 Å². The molecule has 7 heteroatoms. The normalized spacial score (nSPS) is 18.5. The summed E-state index contributed by atoms with van der Waals surface area (Å²) in [5.41, 5.74) is 2.20. The molecule has 1 aliphatic rings. The zero-order chi connectivity index (χ0) is 21.6. The lowest BCUT2D eigenvalue weighted by atomic mass is 10.1. The average Bonchev–Trinajstić information content (AvgIpc) is 3.29. The molecule has 4 rings (SSSR count). The van der Waals surface area contributed by atoms with Crippen molar-refractivity contribution in [3.63, 3.8) is 0 Å². The predicted octanol–water partition coefficient (Wildman–Crippen LogP) is 0.851. The monoisotopic (exact) mass is 425 g/mol. The second-order valence-corrected chi connectivity index (χ2v) is 7.83. The molecule has 0 aliphatic carbocycles. The van der Waals surface area contributed by atoms with Crippen LogP contribution in [-0.2, 0) is 13.1 Å². The first-order valence-corrected chi connectivity index (χ1v) is 10.7. The molecule has 1 saturated heterocycles. The maximum absolute atomic E-state index is 5.99. The van der Waals surface area contributed by atoms with Gasteiger partial charge in [0.1, 0.15) is 32.7 Å². The van der Waals surface area contributed by atoms with Gasteiger partial charge < -0.3 is 28.4 Å². The summed E-state index contributed by atoms with van der Waals surface area (Å²) in [4.78, 5) is 7.53. The van der Waals surface area contributed by atoms with Gasteiger partial charge in [-0.1, -0.05) is 30.3 Å². The Morgan fingerprint density at radius 1 is 0.806 bits per heavy atom. The van der Waals surface area contributed by atoms with Gasteiger partial charge >= 0.3 is 0 Å². The van der Waals surface area contributed by atoms with E-state index in [1.54, 1.807) is 21.3 Å². The van der Waals surface area contributed by atoms with Crippen LogP contribution in [0.25, 0.3) is 11.3 Å². The van der Waals surface area contributed by atoms with Crippen molar-refractivity contribution in [2.75, 3.05) is 47.5 Å². The van der Waals surface area contributed by atoms with Gasteiger partial charge in [0, 0.05) is 5.56 Å². The van der Waals surface area contributed by atoms with Crippen LogP contribution in [0.2, 0.25) is 0 Å². The Balaban J connectivity index is 1.34. The summed E-state index contributed by atoms with van der Waals surface area (Å²) in [6, 6.07) is 14.1. The van der Waals surface area contributed by atoms with E-state index in [1.165, 1.54) is 9.80 Å². The largest absolute Gasteiger partial charge is 0.493 e. The van der Waals surface area contributed by atoms with Crippen LogP contribution in [-0.4, -0.2) is 52.5 Å². The van der Waals surface area contributed by atoms with E-state index in [-0.39, 0.29) is 0 Å². The maximum Gasteiger partial charge on any atom is 0.250 e. The first-order chi connectivity index (χ1) is 15.2. The van der Waals surface area contributed by atoms with E-state index in [4.69, 9.17) is 18.6 Å². The molecule has 2 N–H and O–H groups in total. The number of nitrogens with one attached hydrogen (secondary N) is 2. The topological polar surface area (TPSA) is 62.6 Å². The first-order valence-electron chi connectivity index (χ1n) is 10.7. The molecule has 0 amide bonds. The molecule has 164 valence electrons. The minimum atomic E-state index is 0.657. The predicted molar refractivity (Wildman–Crippen MR) is 117 cm³/mol. The van der Waals surface area contributed by atoms with Crippen molar-refractivity contribution in [2.45, 2.75) is 13.1 Å². The number of ether oxygens (including phenoxy) is 3. The Morgan fingerprint density at radius 2 is 1.48 bits per heavy atom. The highest BCUT2D eigenvalue weighted by molar-refractivity contribution is 5.56. The van der Waals surface area contributed by atoms with Gasteiger partial charge in [0.15, 0.2) is 23.8 Å². The zero-order valence-electron chi connectivity index (χ0n) is 18.4. The molecule has 1 aliphatic heterocycles. The fourth-order valence-corrected chi connectivity index (χ4v) is 4.22. The van der Waals surface area contributed by atoms with Crippen LogP contribution in [0.15, 0.2) is 53.1 Å². The molecule has 0 atom stereocenters. The number of hydrogen-bond donors (Lipinski definition) is 2. The summed E-state index contributed by atoms with van der Waals surface area (Å²) in [5.74, 6) is 3.74. The molecule has 0 saturated carbocycles. The molecule has 0 radical (unpaired) electrons. The fourth-order valence-electron chi connectivity index (χ4n) is 4.22. The van der Waals surface area contributed by atoms with E-state index >= 15 is 0 Å². The van der Waals surface area contributed by atoms with E-state index < -0.39 is 0 Å². The van der Waals surface area contributed by atoms with E-state index in [9.17, 15) is 0 Å². The molecule has 3 aromatic rings. The Kier molecular flexibility index (Phi) is 6.74. The zero-order valence-corrected chi connectivity index (χ0v) is 18.4. The summed E-state index contributed by atoms with van der Waals surface area (Å²) < 4.78 is 22.6. The summed E-state index contributed by atoms with van der Waals surface area (Å²) in [7, 11) is 4.96. The van der Waals surface area contributed by atoms with E-state index in [2.05, 4.69) is 11.1 Å². The Bertz CT molecular complexity index is 982. The Morgan fingerprint density at radius 3 is 2.13 bits per heavy atom. The molecule has 0 bridgehead atoms. The molecule has 31 heavy (non-hydrogen) atoms. The number of aromatic nitrogens is 1. The molecule has 2 heterocycles. The average molecular weight is 426 g/mol. The number of nitrogens with zero attached hydrogens (tertiary/aromatic N) is 1. The third kappa shape index (κ3) is 4.84. The second kappa shape index (κ2) is 9.85. The number of piperazine rings is 1. The first kappa shape index (κ1) is 21.2. The minimum absolute atomic E-state index is 0.657. The quantitative estimate of drug-likeness (QED) is 0.560. The van der Waals surface area contributed by atoms with Gasteiger partial charge in [0.25, 0.3) is 5.89 Å². The lowest BCUT2D eigenvalue weighted by Crippen LogP contribution is -3.27. The third-order valence-corrected chi connectivity index (χ3v) is 5.90. The number of hydrogen-bond acceptors (Lipinski definition) is 5. The van der Waals surface area contributed by atoms with Gasteiger partial charge in [0.05, 0.1) is 33.1 Å². The lowest BCUT2D eigenvalue weighted by Gasteiger charge is -2.29. The molecule has 7 nitrogen and oxygen atoms in total. The van der Waals surface area contributed by atoms with Crippen molar-refractivity contribution < 1.29 is 28.4 Å². The summed E-state index contributed by atoms with van der Waals surface area (Å²) in [6.45, 7) is 6.04. The van der Waals surface area contributed by atoms with Gasteiger partial charge in [-0.15, -0.1) is 0 Å². The highest BCUT2D eigenvalue weighted by Crippen LogP contribution is 2.39. The maximum atomic E-state index is 5.99. The van der Waals surface area contributed by atoms with Crippen LogP contribution >= 0.6 is 0 Å².